The number of benzene rings is 1. The van der Waals surface area contributed by atoms with Crippen LogP contribution in [0.3, 0.4) is 0 Å². The number of nitrogens with zero attached hydrogens (tertiary/aromatic N) is 2. The first-order valence-corrected chi connectivity index (χ1v) is 10.8. The Bertz CT molecular complexity index is 838. The molecule has 3 rings (SSSR count). The number of unbranched alkanes of at least 4 members (excludes halogenated alkanes) is 1. The predicted molar refractivity (Wildman–Crippen MR) is 99.9 cm³/mol. The van der Waals surface area contributed by atoms with Gasteiger partial charge in [-0.2, -0.15) is 4.31 Å². The highest BCUT2D eigenvalue weighted by molar-refractivity contribution is 7.89. The van der Waals surface area contributed by atoms with Gasteiger partial charge in [0.1, 0.15) is 0 Å². The molecule has 3 atom stereocenters. The summed E-state index contributed by atoms with van der Waals surface area (Å²) in [5.74, 6) is -1.95. The molecule has 1 aromatic rings. The van der Waals surface area contributed by atoms with Crippen LogP contribution in [0.5, 0.6) is 0 Å². The van der Waals surface area contributed by atoms with Crippen LogP contribution in [-0.2, 0) is 14.8 Å². The summed E-state index contributed by atoms with van der Waals surface area (Å²) in [4.78, 5) is 25.8. The van der Waals surface area contributed by atoms with Gasteiger partial charge in [0.15, 0.2) is 0 Å². The summed E-state index contributed by atoms with van der Waals surface area (Å²) in [7, 11) is -2.28. The van der Waals surface area contributed by atoms with E-state index in [9.17, 15) is 23.1 Å². The van der Waals surface area contributed by atoms with Crippen LogP contribution in [0.1, 0.15) is 49.4 Å². The Morgan fingerprint density at radius 2 is 1.96 bits per heavy atom. The molecule has 148 valence electrons. The quantitative estimate of drug-likeness (QED) is 0.765. The number of amides is 1. The van der Waals surface area contributed by atoms with Crippen molar-refractivity contribution in [3.63, 3.8) is 0 Å². The molecule has 2 heterocycles. The molecule has 27 heavy (non-hydrogen) atoms. The van der Waals surface area contributed by atoms with Gasteiger partial charge in [-0.05, 0) is 37.8 Å². The molecular weight excluding hydrogens is 368 g/mol. The second-order valence-corrected chi connectivity index (χ2v) is 9.20. The van der Waals surface area contributed by atoms with E-state index >= 15 is 0 Å². The second-order valence-electron chi connectivity index (χ2n) is 7.39. The molecule has 0 spiro atoms. The monoisotopic (exact) mass is 394 g/mol. The van der Waals surface area contributed by atoms with E-state index < -0.39 is 28.0 Å². The van der Waals surface area contributed by atoms with Crippen molar-refractivity contribution in [3.05, 3.63) is 29.8 Å². The van der Waals surface area contributed by atoms with Gasteiger partial charge >= 0.3 is 5.97 Å². The molecule has 2 fully saturated rings. The maximum absolute atomic E-state index is 13.4. The molecule has 1 aromatic carbocycles. The average Bonchev–Trinajstić information content (AvgIpc) is 3.24. The van der Waals surface area contributed by atoms with E-state index in [0.29, 0.717) is 25.8 Å². The summed E-state index contributed by atoms with van der Waals surface area (Å²) in [6.45, 7) is 2.58. The van der Waals surface area contributed by atoms with E-state index in [1.165, 1.54) is 21.3 Å². The van der Waals surface area contributed by atoms with E-state index in [1.807, 2.05) is 6.92 Å². The number of carbonyl (C=O) groups is 2. The van der Waals surface area contributed by atoms with Gasteiger partial charge in [0, 0.05) is 25.7 Å². The van der Waals surface area contributed by atoms with Crippen LogP contribution < -0.4 is 0 Å². The van der Waals surface area contributed by atoms with Crippen molar-refractivity contribution in [2.45, 2.75) is 56.0 Å². The second kappa shape index (κ2) is 7.59. The van der Waals surface area contributed by atoms with Crippen LogP contribution in [-0.4, -0.2) is 60.3 Å². The van der Waals surface area contributed by atoms with Gasteiger partial charge in [0.05, 0.1) is 16.4 Å². The fourth-order valence-electron chi connectivity index (χ4n) is 4.26. The van der Waals surface area contributed by atoms with Gasteiger partial charge in [0.2, 0.25) is 10.0 Å². The number of hydrogen-bond acceptors (Lipinski definition) is 4. The van der Waals surface area contributed by atoms with Crippen molar-refractivity contribution in [3.8, 4) is 0 Å². The third-order valence-corrected chi connectivity index (χ3v) is 7.69. The van der Waals surface area contributed by atoms with Gasteiger partial charge < -0.3 is 10.0 Å². The van der Waals surface area contributed by atoms with Crippen molar-refractivity contribution in [2.75, 3.05) is 13.6 Å². The van der Waals surface area contributed by atoms with Crippen molar-refractivity contribution in [2.24, 2.45) is 5.92 Å². The Balaban J connectivity index is 1.95. The minimum absolute atomic E-state index is 0.0266. The van der Waals surface area contributed by atoms with Gasteiger partial charge in [0.25, 0.3) is 5.91 Å². The highest BCUT2D eigenvalue weighted by atomic mass is 32.2. The fourth-order valence-corrected chi connectivity index (χ4v) is 6.37. The average molecular weight is 394 g/mol. The Kier molecular flexibility index (Phi) is 5.58. The van der Waals surface area contributed by atoms with E-state index in [1.54, 1.807) is 19.2 Å². The molecule has 1 amide bonds. The first-order chi connectivity index (χ1) is 12.8. The third kappa shape index (κ3) is 3.48. The molecule has 1 N–H and O–H groups in total. The van der Waals surface area contributed by atoms with E-state index in [0.717, 1.165) is 12.8 Å². The molecule has 0 saturated carbocycles. The van der Waals surface area contributed by atoms with E-state index in [2.05, 4.69) is 0 Å². The lowest BCUT2D eigenvalue weighted by molar-refractivity contribution is -0.142. The summed E-state index contributed by atoms with van der Waals surface area (Å²) in [5, 5.41) is 9.41. The largest absolute Gasteiger partial charge is 0.481 e. The minimum atomic E-state index is -3.95. The predicted octanol–water partition coefficient (Wildman–Crippen LogP) is 2.18. The van der Waals surface area contributed by atoms with Crippen molar-refractivity contribution >= 4 is 21.9 Å². The summed E-state index contributed by atoms with van der Waals surface area (Å²) in [6.07, 6.45) is 3.33. The van der Waals surface area contributed by atoms with Crippen LogP contribution in [0.25, 0.3) is 0 Å². The Morgan fingerprint density at radius 3 is 2.59 bits per heavy atom. The maximum Gasteiger partial charge on any atom is 0.308 e. The van der Waals surface area contributed by atoms with Crippen LogP contribution in [0.4, 0.5) is 0 Å². The number of carbonyl (C=O) groups excluding carboxylic acids is 1. The highest BCUT2D eigenvalue weighted by Crippen LogP contribution is 2.45. The van der Waals surface area contributed by atoms with Crippen LogP contribution in [0, 0.1) is 5.92 Å². The van der Waals surface area contributed by atoms with Crippen LogP contribution >= 0.6 is 0 Å². The molecular formula is C19H26N2O5S. The molecule has 2 bridgehead atoms. The van der Waals surface area contributed by atoms with Gasteiger partial charge in [-0.25, -0.2) is 8.42 Å². The number of hydrogen-bond donors (Lipinski definition) is 1. The summed E-state index contributed by atoms with van der Waals surface area (Å²) in [5.41, 5.74) is 0.147. The zero-order chi connectivity index (χ0) is 19.8. The van der Waals surface area contributed by atoms with Crippen molar-refractivity contribution in [1.82, 2.24) is 9.21 Å². The molecule has 7 nitrogen and oxygen atoms in total. The fraction of sp³-hybridized carbons (Fsp3) is 0.579. The van der Waals surface area contributed by atoms with Crippen LogP contribution in [0.2, 0.25) is 0 Å². The SMILES string of the molecule is CCCCN(C)C(=O)c1ccccc1S(=O)(=O)N1C2CCC1C(C(=O)O)C2. The third-order valence-electron chi connectivity index (χ3n) is 5.66. The zero-order valence-corrected chi connectivity index (χ0v) is 16.5. The topological polar surface area (TPSA) is 95.0 Å². The lowest BCUT2D eigenvalue weighted by atomic mass is 9.89. The van der Waals surface area contributed by atoms with Gasteiger partial charge in [-0.1, -0.05) is 25.5 Å². The Labute approximate surface area is 160 Å². The molecule has 3 unspecified atom stereocenters. The Hall–Kier alpha value is -1.93. The first kappa shape index (κ1) is 19.8. The lowest BCUT2D eigenvalue weighted by Crippen LogP contribution is -2.39. The summed E-state index contributed by atoms with van der Waals surface area (Å²) in [6, 6.07) is 5.40. The highest BCUT2D eigenvalue weighted by Gasteiger charge is 2.54. The van der Waals surface area contributed by atoms with Crippen molar-refractivity contribution in [1.29, 1.82) is 0 Å². The summed E-state index contributed by atoms with van der Waals surface area (Å²) < 4.78 is 28.1. The maximum atomic E-state index is 13.4. The first-order valence-electron chi connectivity index (χ1n) is 9.39. The molecule has 2 saturated heterocycles. The molecule has 0 radical (unpaired) electrons. The van der Waals surface area contributed by atoms with Crippen LogP contribution in [0.15, 0.2) is 29.2 Å². The van der Waals surface area contributed by atoms with Crippen molar-refractivity contribution < 1.29 is 23.1 Å². The normalized spacial score (nSPS) is 24.9. The summed E-state index contributed by atoms with van der Waals surface area (Å²) >= 11 is 0. The molecule has 8 heteroatoms. The lowest BCUT2D eigenvalue weighted by Gasteiger charge is -2.25. The number of sulfonamides is 1. The van der Waals surface area contributed by atoms with E-state index in [4.69, 9.17) is 0 Å². The number of aliphatic carboxylic acids is 1. The minimum Gasteiger partial charge on any atom is -0.481 e. The zero-order valence-electron chi connectivity index (χ0n) is 15.7. The number of carboxylic acid groups (broad SMARTS) is 1. The number of rotatable bonds is 7. The van der Waals surface area contributed by atoms with Gasteiger partial charge in [-0.15, -0.1) is 0 Å². The number of fused-ring (bicyclic) bond motifs is 2. The molecule has 2 aliphatic rings. The molecule has 2 aliphatic heterocycles. The van der Waals surface area contributed by atoms with Gasteiger partial charge in [-0.3, -0.25) is 9.59 Å². The standard InChI is InChI=1S/C19H26N2O5S/c1-3-4-11-20(2)18(22)14-7-5-6-8-17(14)27(25,26)21-13-9-10-16(21)15(12-13)19(23)24/h5-8,13,15-16H,3-4,9-12H2,1-2H3,(H,23,24). The Morgan fingerprint density at radius 1 is 1.26 bits per heavy atom. The molecule has 0 aromatic heterocycles. The van der Waals surface area contributed by atoms with E-state index in [-0.39, 0.29) is 22.4 Å². The molecule has 0 aliphatic carbocycles. The smallest absolute Gasteiger partial charge is 0.308 e. The number of carboxylic acids is 1.